The molecule has 2 unspecified atom stereocenters. The van der Waals surface area contributed by atoms with Crippen LogP contribution in [0.15, 0.2) is 146 Å². The second kappa shape index (κ2) is 10.5. The summed E-state index contributed by atoms with van der Waals surface area (Å²) in [7, 11) is 0. The summed E-state index contributed by atoms with van der Waals surface area (Å²) >= 11 is 0. The number of rotatable bonds is 4. The second-order valence-electron chi connectivity index (χ2n) is 11.3. The molecule has 3 nitrogen and oxygen atoms in total. The third-order valence-electron chi connectivity index (χ3n) is 8.59. The second-order valence-corrected chi connectivity index (χ2v) is 11.3. The Kier molecular flexibility index (Phi) is 6.15. The summed E-state index contributed by atoms with van der Waals surface area (Å²) in [6.07, 6.45) is 8.62. The Hall–Kier alpha value is -5.41. The van der Waals surface area contributed by atoms with Crippen molar-refractivity contribution in [1.29, 1.82) is 0 Å². The third-order valence-corrected chi connectivity index (χ3v) is 8.59. The molecule has 3 heteroatoms. The van der Waals surface area contributed by atoms with Crippen molar-refractivity contribution in [2.45, 2.75) is 12.8 Å². The molecular formula is C40H29N3. The quantitative estimate of drug-likeness (QED) is 0.204. The van der Waals surface area contributed by atoms with E-state index in [0.717, 1.165) is 22.5 Å². The van der Waals surface area contributed by atoms with E-state index >= 15 is 0 Å². The van der Waals surface area contributed by atoms with Crippen LogP contribution in [-0.2, 0) is 0 Å². The number of benzene rings is 6. The maximum absolute atomic E-state index is 5.13. The fourth-order valence-electron chi connectivity index (χ4n) is 6.35. The topological polar surface area (TPSA) is 38.7 Å². The van der Waals surface area contributed by atoms with Gasteiger partial charge in [0.05, 0.1) is 0 Å². The number of nitrogens with zero attached hydrogens (tertiary/aromatic N) is 3. The average Bonchev–Trinajstić information content (AvgIpc) is 3.08. The van der Waals surface area contributed by atoms with Gasteiger partial charge in [-0.3, -0.25) is 0 Å². The first-order chi connectivity index (χ1) is 21.2. The average molecular weight is 552 g/mol. The van der Waals surface area contributed by atoms with Crippen LogP contribution in [-0.4, -0.2) is 15.0 Å². The predicted molar refractivity (Wildman–Crippen MR) is 179 cm³/mol. The van der Waals surface area contributed by atoms with Crippen LogP contribution < -0.4 is 0 Å². The van der Waals surface area contributed by atoms with Crippen LogP contribution in [0.4, 0.5) is 0 Å². The molecule has 8 rings (SSSR count). The van der Waals surface area contributed by atoms with Gasteiger partial charge >= 0.3 is 0 Å². The molecule has 6 aromatic carbocycles. The molecule has 0 fully saturated rings. The van der Waals surface area contributed by atoms with Gasteiger partial charge in [0.15, 0.2) is 11.6 Å². The highest BCUT2D eigenvalue weighted by atomic mass is 15.0. The standard InChI is InChI=1S/C40H29N3/c1-26-12-5-6-17-31(26)40-42-38(29-16-11-15-28(24-29)27-13-3-2-4-14-27)41-39(43-40)30-22-23-36-34-20-8-7-18-32(34)33-19-9-10-21-35(33)37(36)25-30/h2-26,31H,1H3. The van der Waals surface area contributed by atoms with E-state index in [4.69, 9.17) is 15.0 Å². The summed E-state index contributed by atoms with van der Waals surface area (Å²) in [4.78, 5) is 15.3. The van der Waals surface area contributed by atoms with Crippen LogP contribution in [0.1, 0.15) is 18.7 Å². The lowest BCUT2D eigenvalue weighted by molar-refractivity contribution is 0.600. The summed E-state index contributed by atoms with van der Waals surface area (Å²) in [5.74, 6) is 2.54. The summed E-state index contributed by atoms with van der Waals surface area (Å²) in [5, 5.41) is 7.45. The molecule has 2 atom stereocenters. The maximum Gasteiger partial charge on any atom is 0.163 e. The Balaban J connectivity index is 1.34. The van der Waals surface area contributed by atoms with Gasteiger partial charge in [-0.1, -0.05) is 140 Å². The van der Waals surface area contributed by atoms with Crippen molar-refractivity contribution < 1.29 is 0 Å². The van der Waals surface area contributed by atoms with E-state index in [1.807, 2.05) is 6.07 Å². The SMILES string of the molecule is CC1C=CC=CC1c1nc(-c2cccc(-c3ccccc3)c2)nc(-c2ccc3c4ccccc4c4ccccc4c3c2)n1. The molecular weight excluding hydrogens is 522 g/mol. The van der Waals surface area contributed by atoms with E-state index in [-0.39, 0.29) is 11.8 Å². The van der Waals surface area contributed by atoms with E-state index in [9.17, 15) is 0 Å². The fourth-order valence-corrected chi connectivity index (χ4v) is 6.35. The van der Waals surface area contributed by atoms with E-state index < -0.39 is 0 Å². The van der Waals surface area contributed by atoms with Crippen molar-refractivity contribution in [3.63, 3.8) is 0 Å². The number of hydrogen-bond donors (Lipinski definition) is 0. The lowest BCUT2D eigenvalue weighted by Gasteiger charge is -2.20. The highest BCUT2D eigenvalue weighted by Gasteiger charge is 2.22. The molecule has 0 radical (unpaired) electrons. The van der Waals surface area contributed by atoms with Crippen LogP contribution in [0.25, 0.3) is 66.2 Å². The highest BCUT2D eigenvalue weighted by molar-refractivity contribution is 6.25. The Morgan fingerprint density at radius 1 is 0.419 bits per heavy atom. The van der Waals surface area contributed by atoms with Crippen LogP contribution in [0, 0.1) is 5.92 Å². The number of aromatic nitrogens is 3. The molecule has 7 aromatic rings. The van der Waals surface area contributed by atoms with Gasteiger partial charge in [-0.15, -0.1) is 0 Å². The summed E-state index contributed by atoms with van der Waals surface area (Å²) in [5.41, 5.74) is 4.27. The molecule has 0 aliphatic heterocycles. The molecule has 1 aromatic heterocycles. The van der Waals surface area contributed by atoms with Crippen LogP contribution in [0.2, 0.25) is 0 Å². The van der Waals surface area contributed by atoms with Gasteiger partial charge in [0, 0.05) is 17.0 Å². The number of hydrogen-bond acceptors (Lipinski definition) is 3. The van der Waals surface area contributed by atoms with Gasteiger partial charge in [-0.25, -0.2) is 15.0 Å². The van der Waals surface area contributed by atoms with E-state index in [0.29, 0.717) is 11.6 Å². The molecule has 0 amide bonds. The lowest BCUT2D eigenvalue weighted by atomic mass is 9.89. The van der Waals surface area contributed by atoms with E-state index in [2.05, 4.69) is 146 Å². The molecule has 0 saturated carbocycles. The largest absolute Gasteiger partial charge is 0.212 e. The fraction of sp³-hybridized carbons (Fsp3) is 0.0750. The molecule has 204 valence electrons. The highest BCUT2D eigenvalue weighted by Crippen LogP contribution is 2.37. The Morgan fingerprint density at radius 3 is 1.63 bits per heavy atom. The number of allylic oxidation sites excluding steroid dienone is 4. The number of fused-ring (bicyclic) bond motifs is 6. The van der Waals surface area contributed by atoms with Gasteiger partial charge in [-0.05, 0) is 61.5 Å². The minimum Gasteiger partial charge on any atom is -0.212 e. The monoisotopic (exact) mass is 551 g/mol. The Labute approximate surface area is 250 Å². The van der Waals surface area contributed by atoms with Crippen molar-refractivity contribution >= 4 is 32.3 Å². The zero-order valence-corrected chi connectivity index (χ0v) is 23.9. The van der Waals surface area contributed by atoms with E-state index in [1.54, 1.807) is 0 Å². The van der Waals surface area contributed by atoms with Crippen molar-refractivity contribution in [1.82, 2.24) is 15.0 Å². The van der Waals surface area contributed by atoms with Gasteiger partial charge in [-0.2, -0.15) is 0 Å². The first-order valence-corrected chi connectivity index (χ1v) is 14.8. The van der Waals surface area contributed by atoms with Crippen LogP contribution >= 0.6 is 0 Å². The normalized spacial score (nSPS) is 16.3. The molecule has 1 heterocycles. The lowest BCUT2D eigenvalue weighted by Crippen LogP contribution is -2.13. The minimum atomic E-state index is 0.0769. The zero-order valence-electron chi connectivity index (χ0n) is 23.9. The first kappa shape index (κ1) is 25.3. The molecule has 0 saturated heterocycles. The molecule has 0 spiro atoms. The Bertz CT molecular complexity index is 2180. The van der Waals surface area contributed by atoms with Gasteiger partial charge in [0.25, 0.3) is 0 Å². The predicted octanol–water partition coefficient (Wildman–Crippen LogP) is 10.2. The summed E-state index contributed by atoms with van der Waals surface area (Å²) < 4.78 is 0. The third kappa shape index (κ3) is 4.50. The zero-order chi connectivity index (χ0) is 28.8. The van der Waals surface area contributed by atoms with Crippen molar-refractivity contribution in [3.8, 4) is 33.9 Å². The maximum atomic E-state index is 5.13. The van der Waals surface area contributed by atoms with Gasteiger partial charge < -0.3 is 0 Å². The Morgan fingerprint density at radius 2 is 0.953 bits per heavy atom. The van der Waals surface area contributed by atoms with Crippen LogP contribution in [0.5, 0.6) is 0 Å². The summed E-state index contributed by atoms with van der Waals surface area (Å²) in [6, 6.07) is 42.9. The van der Waals surface area contributed by atoms with E-state index in [1.165, 1.54) is 37.9 Å². The first-order valence-electron chi connectivity index (χ1n) is 14.8. The van der Waals surface area contributed by atoms with Crippen molar-refractivity contribution in [2.24, 2.45) is 5.92 Å². The van der Waals surface area contributed by atoms with Crippen molar-refractivity contribution in [3.05, 3.63) is 151 Å². The minimum absolute atomic E-state index is 0.0769. The molecule has 0 bridgehead atoms. The summed E-state index contributed by atoms with van der Waals surface area (Å²) in [6.45, 7) is 2.22. The van der Waals surface area contributed by atoms with Gasteiger partial charge in [0.1, 0.15) is 5.82 Å². The van der Waals surface area contributed by atoms with Crippen molar-refractivity contribution in [2.75, 3.05) is 0 Å². The molecule has 43 heavy (non-hydrogen) atoms. The van der Waals surface area contributed by atoms with Gasteiger partial charge in [0.2, 0.25) is 0 Å². The van der Waals surface area contributed by atoms with Crippen LogP contribution in [0.3, 0.4) is 0 Å². The smallest absolute Gasteiger partial charge is 0.163 e. The molecule has 1 aliphatic rings. The molecule has 0 N–H and O–H groups in total. The molecule has 1 aliphatic carbocycles.